The maximum Gasteiger partial charge on any atom is 0.339 e. The summed E-state index contributed by atoms with van der Waals surface area (Å²) in [5, 5.41) is 6.09. The summed E-state index contributed by atoms with van der Waals surface area (Å²) in [6.07, 6.45) is 5.83. The first-order chi connectivity index (χ1) is 13.1. The van der Waals surface area contributed by atoms with E-state index in [-0.39, 0.29) is 5.69 Å². The van der Waals surface area contributed by atoms with Crippen LogP contribution in [0.25, 0.3) is 0 Å². The maximum absolute atomic E-state index is 12.7. The largest absolute Gasteiger partial charge is 0.465 e. The van der Waals surface area contributed by atoms with Gasteiger partial charge in [-0.15, -0.1) is 0 Å². The lowest BCUT2D eigenvalue weighted by atomic mass is 9.96. The summed E-state index contributed by atoms with van der Waals surface area (Å²) in [5.74, 6) is -0.443. The maximum atomic E-state index is 12.7. The lowest BCUT2D eigenvalue weighted by Crippen LogP contribution is -2.25. The number of nitrogens with one attached hydrogen (secondary N) is 2. The van der Waals surface area contributed by atoms with Crippen molar-refractivity contribution in [3.05, 3.63) is 47.3 Å². The Morgan fingerprint density at radius 2 is 1.85 bits per heavy atom. The third-order valence-corrected chi connectivity index (χ3v) is 4.61. The fourth-order valence-corrected chi connectivity index (χ4v) is 3.25. The van der Waals surface area contributed by atoms with Crippen LogP contribution in [0.5, 0.6) is 0 Å². The Morgan fingerprint density at radius 1 is 1.11 bits per heavy atom. The summed E-state index contributed by atoms with van der Waals surface area (Å²) in [4.78, 5) is 33.3. The minimum Gasteiger partial charge on any atom is -0.465 e. The summed E-state index contributed by atoms with van der Waals surface area (Å²) < 4.78 is 4.76. The predicted molar refractivity (Wildman–Crippen MR) is 103 cm³/mol. The van der Waals surface area contributed by atoms with Crippen LogP contribution >= 0.6 is 0 Å². The van der Waals surface area contributed by atoms with Crippen LogP contribution in [-0.4, -0.2) is 35.0 Å². The number of benzene rings is 1. The smallest absolute Gasteiger partial charge is 0.339 e. The average Bonchev–Trinajstić information content (AvgIpc) is 2.68. The van der Waals surface area contributed by atoms with Crippen molar-refractivity contribution >= 4 is 23.5 Å². The van der Waals surface area contributed by atoms with Gasteiger partial charge in [0, 0.05) is 11.7 Å². The lowest BCUT2D eigenvalue weighted by molar-refractivity contribution is 0.0602. The van der Waals surface area contributed by atoms with Crippen LogP contribution in [0.1, 0.15) is 58.6 Å². The van der Waals surface area contributed by atoms with Gasteiger partial charge in [0.1, 0.15) is 5.69 Å². The monoisotopic (exact) mass is 368 g/mol. The van der Waals surface area contributed by atoms with Gasteiger partial charge in [0.15, 0.2) is 0 Å². The molecule has 7 heteroatoms. The Hall–Kier alpha value is -2.96. The van der Waals surface area contributed by atoms with Crippen LogP contribution in [0.4, 0.5) is 11.6 Å². The van der Waals surface area contributed by atoms with Gasteiger partial charge in [0.05, 0.1) is 18.4 Å². The van der Waals surface area contributed by atoms with E-state index in [1.165, 1.54) is 26.4 Å². The first kappa shape index (κ1) is 18.8. The second-order valence-electron chi connectivity index (χ2n) is 6.69. The molecule has 0 unspecified atom stereocenters. The average molecular weight is 368 g/mol. The molecule has 7 nitrogen and oxygen atoms in total. The van der Waals surface area contributed by atoms with E-state index >= 15 is 0 Å². The highest BCUT2D eigenvalue weighted by molar-refractivity contribution is 6.07. The van der Waals surface area contributed by atoms with Crippen molar-refractivity contribution in [3.63, 3.8) is 0 Å². The first-order valence-corrected chi connectivity index (χ1v) is 9.17. The van der Waals surface area contributed by atoms with Crippen molar-refractivity contribution in [2.45, 2.75) is 45.1 Å². The van der Waals surface area contributed by atoms with Gasteiger partial charge in [0.25, 0.3) is 5.91 Å². The molecule has 1 fully saturated rings. The molecule has 1 aliphatic rings. The highest BCUT2D eigenvalue weighted by Gasteiger charge is 2.18. The van der Waals surface area contributed by atoms with Crippen LogP contribution in [0, 0.1) is 6.92 Å². The van der Waals surface area contributed by atoms with Crippen molar-refractivity contribution < 1.29 is 14.3 Å². The molecular weight excluding hydrogens is 344 g/mol. The number of methoxy groups -OCH3 is 1. The molecule has 0 saturated heterocycles. The number of hydrogen-bond acceptors (Lipinski definition) is 6. The molecule has 1 aliphatic carbocycles. The van der Waals surface area contributed by atoms with Crippen molar-refractivity contribution in [2.75, 3.05) is 17.7 Å². The molecule has 1 heterocycles. The zero-order chi connectivity index (χ0) is 19.2. The number of carbonyl (C=O) groups excluding carboxylic acids is 2. The Balaban J connectivity index is 1.78. The van der Waals surface area contributed by atoms with E-state index in [1.807, 2.05) is 6.92 Å². The molecule has 0 radical (unpaired) electrons. The van der Waals surface area contributed by atoms with E-state index in [2.05, 4.69) is 20.6 Å². The fourth-order valence-electron chi connectivity index (χ4n) is 3.25. The lowest BCUT2D eigenvalue weighted by Gasteiger charge is -2.23. The van der Waals surface area contributed by atoms with Gasteiger partial charge in [-0.2, -0.15) is 0 Å². The van der Waals surface area contributed by atoms with E-state index in [4.69, 9.17) is 4.74 Å². The van der Waals surface area contributed by atoms with Crippen LogP contribution in [0.15, 0.2) is 30.3 Å². The number of amides is 1. The molecule has 1 amide bonds. The highest BCUT2D eigenvalue weighted by atomic mass is 16.5. The van der Waals surface area contributed by atoms with Gasteiger partial charge >= 0.3 is 5.97 Å². The Labute approximate surface area is 158 Å². The van der Waals surface area contributed by atoms with Gasteiger partial charge < -0.3 is 15.4 Å². The Bertz CT molecular complexity index is 832. The molecule has 0 aliphatic heterocycles. The summed E-state index contributed by atoms with van der Waals surface area (Å²) in [5.41, 5.74) is 1.63. The normalized spacial score (nSPS) is 14.4. The van der Waals surface area contributed by atoms with Crippen LogP contribution in [0.3, 0.4) is 0 Å². The molecule has 0 bridgehead atoms. The van der Waals surface area contributed by atoms with Gasteiger partial charge in [-0.3, -0.25) is 4.79 Å². The number of anilines is 2. The van der Waals surface area contributed by atoms with E-state index < -0.39 is 11.9 Å². The second kappa shape index (κ2) is 8.62. The molecule has 2 N–H and O–H groups in total. The summed E-state index contributed by atoms with van der Waals surface area (Å²) in [6, 6.07) is 8.67. The Kier molecular flexibility index (Phi) is 6.01. The standard InChI is InChI=1S/C20H24N4O3/c1-13-12-17(24-20(21-13)22-14-8-4-3-5-9-14)18(25)23-16-11-7-6-10-15(16)19(26)27-2/h6-7,10-12,14H,3-5,8-9H2,1-2H3,(H,23,25)(H,21,22,24). The van der Waals surface area contributed by atoms with Gasteiger partial charge in [-0.1, -0.05) is 31.4 Å². The van der Waals surface area contributed by atoms with Crippen molar-refractivity contribution in [3.8, 4) is 0 Å². The molecule has 0 atom stereocenters. The predicted octanol–water partition coefficient (Wildman–Crippen LogP) is 3.57. The topological polar surface area (TPSA) is 93.2 Å². The van der Waals surface area contributed by atoms with E-state index in [1.54, 1.807) is 30.3 Å². The minimum absolute atomic E-state index is 0.250. The third-order valence-electron chi connectivity index (χ3n) is 4.61. The van der Waals surface area contributed by atoms with Crippen molar-refractivity contribution in [2.24, 2.45) is 0 Å². The van der Waals surface area contributed by atoms with Crippen LogP contribution < -0.4 is 10.6 Å². The molecule has 2 aromatic rings. The molecule has 1 saturated carbocycles. The highest BCUT2D eigenvalue weighted by Crippen LogP contribution is 2.21. The number of carbonyl (C=O) groups is 2. The number of rotatable bonds is 5. The molecular formula is C20H24N4O3. The fraction of sp³-hybridized carbons (Fsp3) is 0.400. The van der Waals surface area contributed by atoms with Crippen molar-refractivity contribution in [1.82, 2.24) is 9.97 Å². The minimum atomic E-state index is -0.510. The number of aromatic nitrogens is 2. The Morgan fingerprint density at radius 3 is 2.59 bits per heavy atom. The number of esters is 1. The second-order valence-corrected chi connectivity index (χ2v) is 6.69. The zero-order valence-electron chi connectivity index (χ0n) is 15.6. The number of ether oxygens (including phenoxy) is 1. The molecule has 27 heavy (non-hydrogen) atoms. The molecule has 0 spiro atoms. The van der Waals surface area contributed by atoms with E-state index in [0.29, 0.717) is 28.9 Å². The van der Waals surface area contributed by atoms with Crippen LogP contribution in [0.2, 0.25) is 0 Å². The third kappa shape index (κ3) is 4.81. The van der Waals surface area contributed by atoms with E-state index in [9.17, 15) is 9.59 Å². The first-order valence-electron chi connectivity index (χ1n) is 9.17. The number of aryl methyl sites for hydroxylation is 1. The molecule has 3 rings (SSSR count). The number of nitrogens with zero attached hydrogens (tertiary/aromatic N) is 2. The van der Waals surface area contributed by atoms with E-state index in [0.717, 1.165) is 12.8 Å². The SMILES string of the molecule is COC(=O)c1ccccc1NC(=O)c1cc(C)nc(NC2CCCCC2)n1. The molecule has 1 aromatic carbocycles. The van der Waals surface area contributed by atoms with Crippen LogP contribution in [-0.2, 0) is 4.74 Å². The quantitative estimate of drug-likeness (QED) is 0.784. The van der Waals surface area contributed by atoms with Crippen molar-refractivity contribution in [1.29, 1.82) is 0 Å². The van der Waals surface area contributed by atoms with Gasteiger partial charge in [-0.25, -0.2) is 14.8 Å². The number of para-hydroxylation sites is 1. The van der Waals surface area contributed by atoms with Gasteiger partial charge in [0.2, 0.25) is 5.95 Å². The zero-order valence-corrected chi connectivity index (χ0v) is 15.6. The number of hydrogen-bond donors (Lipinski definition) is 2. The van der Waals surface area contributed by atoms with Gasteiger partial charge in [-0.05, 0) is 38.0 Å². The summed E-state index contributed by atoms with van der Waals surface area (Å²) >= 11 is 0. The summed E-state index contributed by atoms with van der Waals surface area (Å²) in [7, 11) is 1.30. The molecule has 142 valence electrons. The summed E-state index contributed by atoms with van der Waals surface area (Å²) in [6.45, 7) is 1.83. The molecule has 1 aromatic heterocycles.